The molecule has 0 saturated carbocycles. The summed E-state index contributed by atoms with van der Waals surface area (Å²) in [4.78, 5) is 11.0. The highest BCUT2D eigenvalue weighted by Gasteiger charge is 2.31. The Bertz CT molecular complexity index is 854. The van der Waals surface area contributed by atoms with E-state index < -0.39 is 58.6 Å². The van der Waals surface area contributed by atoms with E-state index in [1.165, 1.54) is 0 Å². The third-order valence-corrected chi connectivity index (χ3v) is 3.51. The van der Waals surface area contributed by atoms with Gasteiger partial charge in [0.15, 0.2) is 0 Å². The fourth-order valence-corrected chi connectivity index (χ4v) is 2.27. The van der Waals surface area contributed by atoms with E-state index in [4.69, 9.17) is 21.4 Å². The second-order valence-electron chi connectivity index (χ2n) is 5.06. The molecule has 11 heteroatoms. The van der Waals surface area contributed by atoms with Gasteiger partial charge in [0.25, 0.3) is 0 Å². The average molecular weight is 415 g/mol. The van der Waals surface area contributed by atoms with Crippen LogP contribution in [0.15, 0.2) is 30.3 Å². The minimum atomic E-state index is -4.63. The van der Waals surface area contributed by atoms with Crippen molar-refractivity contribution in [3.63, 3.8) is 0 Å². The van der Waals surface area contributed by atoms with Crippen molar-refractivity contribution < 1.29 is 45.7 Å². The number of carboxylic acids is 1. The zero-order valence-corrected chi connectivity index (χ0v) is 13.7. The molecule has 0 aliphatic rings. The molecule has 2 aromatic carbocycles. The first kappa shape index (κ1) is 20.7. The van der Waals surface area contributed by atoms with Crippen LogP contribution in [0.3, 0.4) is 0 Å². The molecule has 0 spiro atoms. The number of rotatable bonds is 6. The second kappa shape index (κ2) is 7.95. The van der Waals surface area contributed by atoms with Crippen molar-refractivity contribution in [3.05, 3.63) is 57.9 Å². The Morgan fingerprint density at radius 3 is 2.37 bits per heavy atom. The number of alkyl halides is 5. The van der Waals surface area contributed by atoms with Crippen molar-refractivity contribution in [2.75, 3.05) is 0 Å². The Labute approximate surface area is 152 Å². The van der Waals surface area contributed by atoms with Gasteiger partial charge in [-0.1, -0.05) is 11.6 Å². The van der Waals surface area contributed by atoms with Crippen LogP contribution in [0.1, 0.15) is 21.5 Å². The summed E-state index contributed by atoms with van der Waals surface area (Å²) in [7, 11) is 0. The fraction of sp³-hybridized carbons (Fsp3) is 0.188. The zero-order chi connectivity index (χ0) is 20.4. The zero-order valence-electron chi connectivity index (χ0n) is 13.0. The van der Waals surface area contributed by atoms with Crippen LogP contribution in [0.5, 0.6) is 11.5 Å². The van der Waals surface area contributed by atoms with Crippen molar-refractivity contribution >= 4 is 17.6 Å². The van der Waals surface area contributed by atoms with Crippen LogP contribution in [0, 0.1) is 5.82 Å². The van der Waals surface area contributed by atoms with E-state index in [1.54, 1.807) is 0 Å². The first-order chi connectivity index (χ1) is 12.5. The molecule has 0 aliphatic heterocycles. The molecule has 4 nitrogen and oxygen atoms in total. The van der Waals surface area contributed by atoms with Crippen molar-refractivity contribution in [2.24, 2.45) is 0 Å². The second-order valence-corrected chi connectivity index (χ2v) is 5.47. The molecule has 0 heterocycles. The van der Waals surface area contributed by atoms with Gasteiger partial charge in [-0.15, -0.1) is 0 Å². The number of aromatic carboxylic acids is 1. The average Bonchev–Trinajstić information content (AvgIpc) is 2.54. The topological polar surface area (TPSA) is 55.8 Å². The van der Waals surface area contributed by atoms with Crippen LogP contribution in [0.4, 0.5) is 26.3 Å². The normalized spacial score (nSPS) is 11.6. The summed E-state index contributed by atoms with van der Waals surface area (Å²) in [5.41, 5.74) is -2.45. The lowest BCUT2D eigenvalue weighted by atomic mass is 10.1. The number of ether oxygens (including phenoxy) is 2. The molecule has 0 bridgehead atoms. The summed E-state index contributed by atoms with van der Waals surface area (Å²) in [6.07, 6.45) is -4.63. The first-order valence-corrected chi connectivity index (χ1v) is 7.37. The van der Waals surface area contributed by atoms with E-state index in [0.29, 0.717) is 18.2 Å². The predicted octanol–water partition coefficient (Wildman–Crippen LogP) is 5.38. The fourth-order valence-electron chi connectivity index (χ4n) is 2.04. The summed E-state index contributed by atoms with van der Waals surface area (Å²) < 4.78 is 85.7. The standard InChI is InChI=1S/C16H9ClF6O4/c17-11-4-8(16(21,22)23)1-2-12(11)26-6-7-3-9(27-15(19)20)5-10(13(7)18)14(24)25/h1-5,15H,6H2,(H,24,25). The van der Waals surface area contributed by atoms with Crippen molar-refractivity contribution in [1.82, 2.24) is 0 Å². The van der Waals surface area contributed by atoms with Crippen LogP contribution < -0.4 is 9.47 Å². The van der Waals surface area contributed by atoms with Gasteiger partial charge in [0.05, 0.1) is 16.1 Å². The van der Waals surface area contributed by atoms with Gasteiger partial charge in [0.2, 0.25) is 0 Å². The van der Waals surface area contributed by atoms with E-state index >= 15 is 0 Å². The lowest BCUT2D eigenvalue weighted by molar-refractivity contribution is -0.137. The summed E-state index contributed by atoms with van der Waals surface area (Å²) >= 11 is 5.69. The van der Waals surface area contributed by atoms with Gasteiger partial charge in [-0.05, 0) is 30.3 Å². The Balaban J connectivity index is 2.29. The van der Waals surface area contributed by atoms with E-state index in [1.807, 2.05) is 0 Å². The Morgan fingerprint density at radius 1 is 1.19 bits per heavy atom. The van der Waals surface area contributed by atoms with Crippen LogP contribution >= 0.6 is 11.6 Å². The van der Waals surface area contributed by atoms with Crippen LogP contribution in [-0.4, -0.2) is 17.7 Å². The molecule has 146 valence electrons. The molecular formula is C16H9ClF6O4. The smallest absolute Gasteiger partial charge is 0.416 e. The lowest BCUT2D eigenvalue weighted by Gasteiger charge is -2.13. The highest BCUT2D eigenvalue weighted by molar-refractivity contribution is 6.32. The van der Waals surface area contributed by atoms with Crippen LogP contribution in [-0.2, 0) is 12.8 Å². The van der Waals surface area contributed by atoms with E-state index in [0.717, 1.165) is 12.1 Å². The van der Waals surface area contributed by atoms with Gasteiger partial charge in [-0.25, -0.2) is 9.18 Å². The maximum Gasteiger partial charge on any atom is 0.416 e. The molecule has 2 aromatic rings. The number of halogens is 7. The van der Waals surface area contributed by atoms with Crippen molar-refractivity contribution in [3.8, 4) is 11.5 Å². The molecule has 0 radical (unpaired) electrons. The van der Waals surface area contributed by atoms with E-state index in [2.05, 4.69) is 4.74 Å². The first-order valence-electron chi connectivity index (χ1n) is 6.99. The molecule has 0 unspecified atom stereocenters. The van der Waals surface area contributed by atoms with Crippen molar-refractivity contribution in [1.29, 1.82) is 0 Å². The molecule has 0 atom stereocenters. The molecular weight excluding hydrogens is 406 g/mol. The summed E-state index contributed by atoms with van der Waals surface area (Å²) in [5, 5.41) is 8.51. The van der Waals surface area contributed by atoms with Crippen LogP contribution in [0.2, 0.25) is 5.02 Å². The third-order valence-electron chi connectivity index (χ3n) is 3.22. The molecule has 0 amide bonds. The third kappa shape index (κ3) is 5.19. The number of carbonyl (C=O) groups is 1. The highest BCUT2D eigenvalue weighted by Crippen LogP contribution is 2.35. The summed E-state index contributed by atoms with van der Waals surface area (Å²) in [5.74, 6) is -3.88. The van der Waals surface area contributed by atoms with Gasteiger partial charge >= 0.3 is 18.8 Å². The van der Waals surface area contributed by atoms with Crippen LogP contribution in [0.25, 0.3) is 0 Å². The SMILES string of the molecule is O=C(O)c1cc(OC(F)F)cc(COc2ccc(C(F)(F)F)cc2Cl)c1F. The van der Waals surface area contributed by atoms with E-state index in [9.17, 15) is 31.1 Å². The molecule has 27 heavy (non-hydrogen) atoms. The molecule has 0 aliphatic carbocycles. The number of carboxylic acid groups (broad SMARTS) is 1. The monoisotopic (exact) mass is 414 g/mol. The maximum absolute atomic E-state index is 14.2. The highest BCUT2D eigenvalue weighted by atomic mass is 35.5. The Hall–Kier alpha value is -2.62. The minimum absolute atomic E-state index is 0.249. The Kier molecular flexibility index (Phi) is 6.09. The van der Waals surface area contributed by atoms with Gasteiger partial charge in [-0.2, -0.15) is 22.0 Å². The van der Waals surface area contributed by atoms with Gasteiger partial charge in [0.1, 0.15) is 23.9 Å². The summed E-state index contributed by atoms with van der Waals surface area (Å²) in [6, 6.07) is 3.51. The number of hydrogen-bond acceptors (Lipinski definition) is 3. The predicted molar refractivity (Wildman–Crippen MR) is 80.8 cm³/mol. The summed E-state index contributed by atoms with van der Waals surface area (Å²) in [6.45, 7) is -3.98. The molecule has 0 aromatic heterocycles. The minimum Gasteiger partial charge on any atom is -0.487 e. The quantitative estimate of drug-likeness (QED) is 0.645. The Morgan fingerprint density at radius 2 is 1.85 bits per heavy atom. The maximum atomic E-state index is 14.2. The lowest BCUT2D eigenvalue weighted by Crippen LogP contribution is -2.10. The molecule has 1 N–H and O–H groups in total. The largest absolute Gasteiger partial charge is 0.487 e. The van der Waals surface area contributed by atoms with Gasteiger partial charge in [-0.3, -0.25) is 0 Å². The number of hydrogen-bond donors (Lipinski definition) is 1. The van der Waals surface area contributed by atoms with Gasteiger partial charge in [0, 0.05) is 5.56 Å². The van der Waals surface area contributed by atoms with Crippen molar-refractivity contribution in [2.45, 2.75) is 19.4 Å². The number of benzene rings is 2. The molecule has 2 rings (SSSR count). The molecule has 0 fully saturated rings. The van der Waals surface area contributed by atoms with E-state index in [-0.39, 0.29) is 5.75 Å². The van der Waals surface area contributed by atoms with Gasteiger partial charge < -0.3 is 14.6 Å². The molecule has 0 saturated heterocycles.